The van der Waals surface area contributed by atoms with Crippen LogP contribution in [0.4, 0.5) is 4.39 Å². The highest BCUT2D eigenvalue weighted by molar-refractivity contribution is 6.00. The molecule has 1 saturated heterocycles. The number of carbonyl (C=O) groups is 1. The molecule has 0 unspecified atom stereocenters. The molecule has 134 valence electrons. The average molecular weight is 354 g/mol. The third-order valence-electron chi connectivity index (χ3n) is 4.81. The summed E-state index contributed by atoms with van der Waals surface area (Å²) in [7, 11) is 1.34. The van der Waals surface area contributed by atoms with Crippen molar-refractivity contribution >= 4 is 17.1 Å². The highest BCUT2D eigenvalue weighted by Gasteiger charge is 2.29. The second kappa shape index (κ2) is 6.88. The zero-order chi connectivity index (χ0) is 18.1. The Kier molecular flexibility index (Phi) is 4.42. The van der Waals surface area contributed by atoms with E-state index in [1.165, 1.54) is 13.2 Å². The number of likely N-dealkylation sites (tertiary alicyclic amines) is 1. The van der Waals surface area contributed by atoms with Crippen LogP contribution in [0.25, 0.3) is 11.1 Å². The number of carbonyl (C=O) groups excluding carboxylic acids is 1. The number of fused-ring (bicyclic) bond motifs is 1. The smallest absolute Gasteiger partial charge is 0.341 e. The molecular weight excluding hydrogens is 335 g/mol. The molecule has 4 rings (SSSR count). The van der Waals surface area contributed by atoms with Crippen molar-refractivity contribution in [2.75, 3.05) is 20.2 Å². The lowest BCUT2D eigenvalue weighted by Crippen LogP contribution is -2.20. The Morgan fingerprint density at radius 2 is 2.15 bits per heavy atom. The largest absolute Gasteiger partial charge is 0.465 e. The third-order valence-corrected chi connectivity index (χ3v) is 4.81. The molecule has 26 heavy (non-hydrogen) atoms. The molecule has 0 bridgehead atoms. The number of ether oxygens (including phenoxy) is 1. The maximum Gasteiger partial charge on any atom is 0.341 e. The number of methoxy groups -OCH3 is 1. The van der Waals surface area contributed by atoms with E-state index in [9.17, 15) is 9.18 Å². The van der Waals surface area contributed by atoms with E-state index in [0.717, 1.165) is 19.5 Å². The van der Waals surface area contributed by atoms with Crippen LogP contribution in [-0.4, -0.2) is 36.1 Å². The van der Waals surface area contributed by atoms with Gasteiger partial charge in [-0.15, -0.1) is 0 Å². The average Bonchev–Trinajstić information content (AvgIpc) is 3.29. The van der Waals surface area contributed by atoms with Gasteiger partial charge in [0.15, 0.2) is 11.5 Å². The summed E-state index contributed by atoms with van der Waals surface area (Å²) < 4.78 is 24.6. The number of aromatic nitrogens is 1. The second-order valence-electron chi connectivity index (χ2n) is 6.51. The highest BCUT2D eigenvalue weighted by atomic mass is 19.1. The standard InChI is InChI=1S/C20H19FN2O3/c1-25-20(24)15-6-4-8-17-18(15)26-19(22-17)14-9-10-23(12-14)11-13-5-2-3-7-16(13)21/h2-8,14H,9-12H2,1H3/t14-/m0/s1. The van der Waals surface area contributed by atoms with Crippen molar-refractivity contribution in [1.82, 2.24) is 9.88 Å². The molecule has 6 heteroatoms. The predicted octanol–water partition coefficient (Wildman–Crippen LogP) is 3.74. The first-order valence-electron chi connectivity index (χ1n) is 8.59. The van der Waals surface area contributed by atoms with E-state index >= 15 is 0 Å². The van der Waals surface area contributed by atoms with Crippen LogP contribution in [0.3, 0.4) is 0 Å². The van der Waals surface area contributed by atoms with Crippen molar-refractivity contribution in [3.05, 3.63) is 65.3 Å². The molecule has 0 N–H and O–H groups in total. The van der Waals surface area contributed by atoms with Crippen molar-refractivity contribution in [3.8, 4) is 0 Å². The summed E-state index contributed by atoms with van der Waals surface area (Å²) in [5.41, 5.74) is 2.18. The molecular formula is C20H19FN2O3. The molecule has 1 fully saturated rings. The number of halogens is 1. The minimum Gasteiger partial charge on any atom is -0.465 e. The molecule has 5 nitrogen and oxygen atoms in total. The van der Waals surface area contributed by atoms with E-state index in [0.29, 0.717) is 34.7 Å². The Labute approximate surface area is 150 Å². The molecule has 2 heterocycles. The molecule has 1 aliphatic rings. The summed E-state index contributed by atoms with van der Waals surface area (Å²) in [6.07, 6.45) is 0.884. The van der Waals surface area contributed by atoms with E-state index < -0.39 is 5.97 Å². The van der Waals surface area contributed by atoms with E-state index in [2.05, 4.69) is 9.88 Å². The fourth-order valence-corrected chi connectivity index (χ4v) is 3.46. The lowest BCUT2D eigenvalue weighted by Gasteiger charge is -2.15. The van der Waals surface area contributed by atoms with Crippen molar-refractivity contribution in [2.24, 2.45) is 0 Å². The van der Waals surface area contributed by atoms with Crippen molar-refractivity contribution in [3.63, 3.8) is 0 Å². The van der Waals surface area contributed by atoms with Gasteiger partial charge in [0.25, 0.3) is 0 Å². The van der Waals surface area contributed by atoms with Gasteiger partial charge in [-0.05, 0) is 31.2 Å². The van der Waals surface area contributed by atoms with Crippen LogP contribution in [0.15, 0.2) is 46.9 Å². The van der Waals surface area contributed by atoms with Gasteiger partial charge in [-0.1, -0.05) is 24.3 Å². The minimum atomic E-state index is -0.439. The van der Waals surface area contributed by atoms with E-state index in [4.69, 9.17) is 9.15 Å². The lowest BCUT2D eigenvalue weighted by atomic mass is 10.1. The van der Waals surface area contributed by atoms with Gasteiger partial charge in [0.05, 0.1) is 7.11 Å². The summed E-state index contributed by atoms with van der Waals surface area (Å²) in [6, 6.07) is 12.1. The monoisotopic (exact) mass is 354 g/mol. The number of nitrogens with zero attached hydrogens (tertiary/aromatic N) is 2. The van der Waals surface area contributed by atoms with Gasteiger partial charge in [0, 0.05) is 24.6 Å². The molecule has 0 saturated carbocycles. The van der Waals surface area contributed by atoms with Crippen LogP contribution in [0.1, 0.15) is 34.2 Å². The Bertz CT molecular complexity index is 953. The van der Waals surface area contributed by atoms with E-state index in [-0.39, 0.29) is 11.7 Å². The molecule has 2 aromatic carbocycles. The SMILES string of the molecule is COC(=O)c1cccc2nc([C@H]3CCN(Cc4ccccc4F)C3)oc12. The quantitative estimate of drug-likeness (QED) is 0.668. The maximum absolute atomic E-state index is 13.9. The Morgan fingerprint density at radius 3 is 2.96 bits per heavy atom. The molecule has 1 aliphatic heterocycles. The van der Waals surface area contributed by atoms with Crippen LogP contribution >= 0.6 is 0 Å². The summed E-state index contributed by atoms with van der Waals surface area (Å²) in [6.45, 7) is 2.16. The van der Waals surface area contributed by atoms with Gasteiger partial charge in [-0.2, -0.15) is 0 Å². The van der Waals surface area contributed by atoms with Crippen molar-refractivity contribution in [2.45, 2.75) is 18.9 Å². The summed E-state index contributed by atoms with van der Waals surface area (Å²) in [5.74, 6) is 0.124. The number of esters is 1. The van der Waals surface area contributed by atoms with Crippen LogP contribution in [0.5, 0.6) is 0 Å². The zero-order valence-electron chi connectivity index (χ0n) is 14.4. The van der Waals surface area contributed by atoms with Gasteiger partial charge in [-0.3, -0.25) is 4.90 Å². The van der Waals surface area contributed by atoms with Crippen molar-refractivity contribution < 1.29 is 18.3 Å². The van der Waals surface area contributed by atoms with Gasteiger partial charge in [-0.25, -0.2) is 14.2 Å². The van der Waals surface area contributed by atoms with Crippen LogP contribution in [0, 0.1) is 5.82 Å². The van der Waals surface area contributed by atoms with Gasteiger partial charge >= 0.3 is 5.97 Å². The van der Waals surface area contributed by atoms with E-state index in [1.807, 2.05) is 18.2 Å². The molecule has 0 spiro atoms. The molecule has 0 radical (unpaired) electrons. The Morgan fingerprint density at radius 1 is 1.31 bits per heavy atom. The molecule has 0 aliphatic carbocycles. The number of rotatable bonds is 4. The number of oxazole rings is 1. The lowest BCUT2D eigenvalue weighted by molar-refractivity contribution is 0.0601. The molecule has 1 aromatic heterocycles. The van der Waals surface area contributed by atoms with E-state index in [1.54, 1.807) is 18.2 Å². The fourth-order valence-electron chi connectivity index (χ4n) is 3.46. The summed E-state index contributed by atoms with van der Waals surface area (Å²) in [4.78, 5) is 18.6. The topological polar surface area (TPSA) is 55.6 Å². The summed E-state index contributed by atoms with van der Waals surface area (Å²) in [5, 5.41) is 0. The highest BCUT2D eigenvalue weighted by Crippen LogP contribution is 2.31. The van der Waals surface area contributed by atoms with Gasteiger partial charge in [0.1, 0.15) is 16.9 Å². The fraction of sp³-hybridized carbons (Fsp3) is 0.300. The number of benzene rings is 2. The Balaban J connectivity index is 1.54. The van der Waals surface area contributed by atoms with Gasteiger partial charge < -0.3 is 9.15 Å². The normalized spacial score (nSPS) is 17.7. The minimum absolute atomic E-state index is 0.125. The summed E-state index contributed by atoms with van der Waals surface area (Å²) >= 11 is 0. The second-order valence-corrected chi connectivity index (χ2v) is 6.51. The zero-order valence-corrected chi connectivity index (χ0v) is 14.4. The molecule has 3 aromatic rings. The van der Waals surface area contributed by atoms with Crippen LogP contribution < -0.4 is 0 Å². The van der Waals surface area contributed by atoms with Gasteiger partial charge in [0.2, 0.25) is 0 Å². The third kappa shape index (κ3) is 3.08. The predicted molar refractivity (Wildman–Crippen MR) is 94.4 cm³/mol. The first-order chi connectivity index (χ1) is 12.7. The molecule has 1 atom stereocenters. The van der Waals surface area contributed by atoms with Crippen LogP contribution in [-0.2, 0) is 11.3 Å². The number of para-hydroxylation sites is 1. The Hall–Kier alpha value is -2.73. The maximum atomic E-state index is 13.9. The van der Waals surface area contributed by atoms with Crippen LogP contribution in [0.2, 0.25) is 0 Å². The number of hydrogen-bond donors (Lipinski definition) is 0. The molecule has 0 amide bonds. The number of hydrogen-bond acceptors (Lipinski definition) is 5. The van der Waals surface area contributed by atoms with Crippen molar-refractivity contribution in [1.29, 1.82) is 0 Å². The first kappa shape index (κ1) is 16.7. The first-order valence-corrected chi connectivity index (χ1v) is 8.59.